The fourth-order valence-corrected chi connectivity index (χ4v) is 3.11. The second-order valence-corrected chi connectivity index (χ2v) is 5.29. The quantitative estimate of drug-likeness (QED) is 0.869. The number of anilines is 1. The second-order valence-electron chi connectivity index (χ2n) is 5.29. The van der Waals surface area contributed by atoms with Crippen molar-refractivity contribution in [1.82, 2.24) is 10.3 Å². The van der Waals surface area contributed by atoms with Gasteiger partial charge >= 0.3 is 0 Å². The van der Waals surface area contributed by atoms with Gasteiger partial charge in [-0.3, -0.25) is 4.79 Å². The average molecular weight is 261 g/mol. The Bertz CT molecular complexity index is 483. The largest absolute Gasteiger partial charge is 0.481 e. The van der Waals surface area contributed by atoms with Crippen LogP contribution in [0.25, 0.3) is 0 Å². The molecule has 0 aliphatic carbocycles. The molecule has 1 amide bonds. The molecule has 1 spiro atoms. The zero-order valence-electron chi connectivity index (χ0n) is 11.2. The number of rotatable bonds is 2. The molecule has 2 saturated heterocycles. The maximum Gasteiger partial charge on any atom is 0.233 e. The van der Waals surface area contributed by atoms with Crippen LogP contribution in [0, 0.1) is 5.41 Å². The Morgan fingerprint density at radius 1 is 1.37 bits per heavy atom. The highest BCUT2D eigenvalue weighted by atomic mass is 16.5. The van der Waals surface area contributed by atoms with E-state index in [2.05, 4.69) is 10.3 Å². The minimum Gasteiger partial charge on any atom is -0.481 e. The number of hydrogen-bond donors (Lipinski definition) is 1. The van der Waals surface area contributed by atoms with Crippen LogP contribution in [0.5, 0.6) is 5.88 Å². The highest BCUT2D eigenvalue weighted by Gasteiger charge is 2.47. The third-order valence-corrected chi connectivity index (χ3v) is 4.31. The van der Waals surface area contributed by atoms with Gasteiger partial charge in [-0.05, 0) is 38.4 Å². The summed E-state index contributed by atoms with van der Waals surface area (Å²) < 4.78 is 5.13. The van der Waals surface area contributed by atoms with E-state index in [-0.39, 0.29) is 11.3 Å². The van der Waals surface area contributed by atoms with Crippen LogP contribution in [-0.2, 0) is 4.79 Å². The summed E-state index contributed by atoms with van der Waals surface area (Å²) in [5.74, 6) is 0.818. The van der Waals surface area contributed by atoms with Gasteiger partial charge in [-0.25, -0.2) is 4.98 Å². The maximum atomic E-state index is 12.7. The number of carbonyl (C=O) groups excluding carboxylic acids is 1. The van der Waals surface area contributed by atoms with Crippen LogP contribution in [0.2, 0.25) is 0 Å². The summed E-state index contributed by atoms with van der Waals surface area (Å²) in [5.41, 5.74) is 0.758. The van der Waals surface area contributed by atoms with Crippen molar-refractivity contribution in [2.45, 2.75) is 19.3 Å². The molecule has 1 aromatic heterocycles. The van der Waals surface area contributed by atoms with E-state index >= 15 is 0 Å². The molecule has 1 aromatic rings. The smallest absolute Gasteiger partial charge is 0.233 e. The topological polar surface area (TPSA) is 54.5 Å². The van der Waals surface area contributed by atoms with Gasteiger partial charge in [0.15, 0.2) is 0 Å². The summed E-state index contributed by atoms with van der Waals surface area (Å²) in [7, 11) is 1.59. The van der Waals surface area contributed by atoms with Gasteiger partial charge in [-0.1, -0.05) is 0 Å². The summed E-state index contributed by atoms with van der Waals surface area (Å²) in [4.78, 5) is 18.7. The third kappa shape index (κ3) is 2.08. The molecule has 3 heterocycles. The summed E-state index contributed by atoms with van der Waals surface area (Å²) in [6.07, 6.45) is 4.54. The van der Waals surface area contributed by atoms with Crippen LogP contribution in [-0.4, -0.2) is 37.6 Å². The van der Waals surface area contributed by atoms with Gasteiger partial charge in [-0.15, -0.1) is 0 Å². The molecule has 0 bridgehead atoms. The number of ether oxygens (including phenoxy) is 1. The van der Waals surface area contributed by atoms with Crippen LogP contribution in [0.15, 0.2) is 18.3 Å². The maximum absolute atomic E-state index is 12.7. The molecule has 102 valence electrons. The number of hydrogen-bond acceptors (Lipinski definition) is 4. The Morgan fingerprint density at radius 3 is 2.89 bits per heavy atom. The van der Waals surface area contributed by atoms with E-state index < -0.39 is 0 Å². The molecule has 0 aromatic carbocycles. The highest BCUT2D eigenvalue weighted by Crippen LogP contribution is 2.41. The fourth-order valence-electron chi connectivity index (χ4n) is 3.11. The van der Waals surface area contributed by atoms with E-state index in [9.17, 15) is 4.79 Å². The van der Waals surface area contributed by atoms with E-state index in [0.29, 0.717) is 5.88 Å². The van der Waals surface area contributed by atoms with Gasteiger partial charge in [0.25, 0.3) is 0 Å². The molecular formula is C14H19N3O2. The van der Waals surface area contributed by atoms with Crippen molar-refractivity contribution in [2.75, 3.05) is 31.6 Å². The normalized spacial score (nSPS) is 21.9. The van der Waals surface area contributed by atoms with Crippen LogP contribution in [0.1, 0.15) is 19.3 Å². The van der Waals surface area contributed by atoms with Gasteiger partial charge in [0.1, 0.15) is 0 Å². The first kappa shape index (κ1) is 12.4. The first-order chi connectivity index (χ1) is 9.25. The number of methoxy groups -OCH3 is 1. The van der Waals surface area contributed by atoms with Crippen molar-refractivity contribution in [2.24, 2.45) is 5.41 Å². The number of piperidine rings is 1. The number of pyridine rings is 1. The van der Waals surface area contributed by atoms with Crippen molar-refractivity contribution in [1.29, 1.82) is 0 Å². The Kier molecular flexibility index (Phi) is 3.14. The monoisotopic (exact) mass is 261 g/mol. The number of amides is 1. The van der Waals surface area contributed by atoms with Crippen LogP contribution >= 0.6 is 0 Å². The lowest BCUT2D eigenvalue weighted by molar-refractivity contribution is -0.126. The summed E-state index contributed by atoms with van der Waals surface area (Å²) >= 11 is 0. The molecule has 0 unspecified atom stereocenters. The zero-order valence-corrected chi connectivity index (χ0v) is 11.2. The van der Waals surface area contributed by atoms with Gasteiger partial charge < -0.3 is 15.0 Å². The molecule has 5 heteroatoms. The molecule has 0 atom stereocenters. The van der Waals surface area contributed by atoms with Crippen LogP contribution in [0.3, 0.4) is 0 Å². The average Bonchev–Trinajstić information content (AvgIpc) is 2.77. The summed E-state index contributed by atoms with van der Waals surface area (Å²) in [6, 6.07) is 3.71. The molecule has 5 nitrogen and oxygen atoms in total. The van der Waals surface area contributed by atoms with E-state index in [1.54, 1.807) is 13.3 Å². The predicted molar refractivity (Wildman–Crippen MR) is 72.3 cm³/mol. The Balaban J connectivity index is 1.84. The van der Waals surface area contributed by atoms with Gasteiger partial charge in [0.05, 0.1) is 18.2 Å². The predicted octanol–water partition coefficient (Wildman–Crippen LogP) is 1.20. The van der Waals surface area contributed by atoms with Gasteiger partial charge in [0, 0.05) is 18.8 Å². The first-order valence-corrected chi connectivity index (χ1v) is 6.78. The highest BCUT2D eigenvalue weighted by molar-refractivity contribution is 6.00. The van der Waals surface area contributed by atoms with Gasteiger partial charge in [-0.2, -0.15) is 0 Å². The first-order valence-electron chi connectivity index (χ1n) is 6.78. The molecular weight excluding hydrogens is 242 g/mol. The molecule has 3 rings (SSSR count). The summed E-state index contributed by atoms with van der Waals surface area (Å²) in [5, 5.41) is 3.33. The molecule has 2 aliphatic heterocycles. The van der Waals surface area contributed by atoms with Crippen molar-refractivity contribution >= 4 is 11.6 Å². The van der Waals surface area contributed by atoms with Crippen LogP contribution < -0.4 is 15.0 Å². The van der Waals surface area contributed by atoms with Gasteiger partial charge in [0.2, 0.25) is 11.8 Å². The molecule has 1 N–H and O–H groups in total. The van der Waals surface area contributed by atoms with Crippen molar-refractivity contribution < 1.29 is 9.53 Å². The fraction of sp³-hybridized carbons (Fsp3) is 0.571. The Labute approximate surface area is 113 Å². The molecule has 0 radical (unpaired) electrons. The minimum absolute atomic E-state index is 0.137. The van der Waals surface area contributed by atoms with E-state index in [1.807, 2.05) is 17.0 Å². The molecule has 0 saturated carbocycles. The zero-order chi connectivity index (χ0) is 13.3. The lowest BCUT2D eigenvalue weighted by atomic mass is 9.78. The van der Waals surface area contributed by atoms with E-state index in [4.69, 9.17) is 4.74 Å². The SMILES string of the molecule is COc1cc(N2CCC3(CCNCC3)C2=O)ccn1. The standard InChI is InChI=1S/C14H19N3O2/c1-19-12-10-11(2-6-16-12)17-9-5-14(13(17)18)3-7-15-8-4-14/h2,6,10,15H,3-5,7-9H2,1H3. The van der Waals surface area contributed by atoms with Crippen molar-refractivity contribution in [3.63, 3.8) is 0 Å². The lowest BCUT2D eigenvalue weighted by Gasteiger charge is -2.32. The van der Waals surface area contributed by atoms with Crippen molar-refractivity contribution in [3.8, 4) is 5.88 Å². The van der Waals surface area contributed by atoms with Crippen molar-refractivity contribution in [3.05, 3.63) is 18.3 Å². The number of carbonyl (C=O) groups is 1. The molecule has 2 fully saturated rings. The summed E-state index contributed by atoms with van der Waals surface area (Å²) in [6.45, 7) is 2.69. The van der Waals surface area contributed by atoms with E-state index in [0.717, 1.165) is 44.6 Å². The minimum atomic E-state index is -0.137. The van der Waals surface area contributed by atoms with E-state index in [1.165, 1.54) is 0 Å². The third-order valence-electron chi connectivity index (χ3n) is 4.31. The Morgan fingerprint density at radius 2 is 2.16 bits per heavy atom. The molecule has 19 heavy (non-hydrogen) atoms. The number of nitrogens with zero attached hydrogens (tertiary/aromatic N) is 2. The second kappa shape index (κ2) is 4.81. The molecule has 2 aliphatic rings. The van der Waals surface area contributed by atoms with Crippen LogP contribution in [0.4, 0.5) is 5.69 Å². The number of nitrogens with one attached hydrogen (secondary N) is 1. The number of aromatic nitrogens is 1. The lowest BCUT2D eigenvalue weighted by Crippen LogP contribution is -2.42. The Hall–Kier alpha value is -1.62.